The lowest BCUT2D eigenvalue weighted by Gasteiger charge is -2.22. The van der Waals surface area contributed by atoms with Gasteiger partial charge in [-0.05, 0) is 54.2 Å². The van der Waals surface area contributed by atoms with E-state index < -0.39 is 10.0 Å². The number of benzene rings is 2. The van der Waals surface area contributed by atoms with Gasteiger partial charge < -0.3 is 5.32 Å². The zero-order valence-corrected chi connectivity index (χ0v) is 17.9. The summed E-state index contributed by atoms with van der Waals surface area (Å²) >= 11 is 0. The first-order valence-electron chi connectivity index (χ1n) is 9.67. The number of amides is 1. The van der Waals surface area contributed by atoms with Crippen LogP contribution in [0, 0.1) is 0 Å². The molecule has 0 aromatic heterocycles. The van der Waals surface area contributed by atoms with Gasteiger partial charge in [0.25, 0.3) is 0 Å². The average molecular weight is 403 g/mol. The Morgan fingerprint density at radius 3 is 2.14 bits per heavy atom. The van der Waals surface area contributed by atoms with Gasteiger partial charge in [-0.25, -0.2) is 8.42 Å². The summed E-state index contributed by atoms with van der Waals surface area (Å²) < 4.78 is 25.6. The molecule has 0 bridgehead atoms. The van der Waals surface area contributed by atoms with E-state index in [1.807, 2.05) is 36.4 Å². The zero-order valence-electron chi connectivity index (χ0n) is 17.1. The third kappa shape index (κ3) is 6.37. The Hall–Kier alpha value is -2.34. The molecule has 2 aromatic carbocycles. The number of carbonyl (C=O) groups is 1. The average Bonchev–Trinajstić information content (AvgIpc) is 2.65. The number of hydrogen-bond acceptors (Lipinski definition) is 3. The van der Waals surface area contributed by atoms with E-state index in [2.05, 4.69) is 26.1 Å². The van der Waals surface area contributed by atoms with E-state index in [1.54, 1.807) is 12.1 Å². The Morgan fingerprint density at radius 2 is 1.64 bits per heavy atom. The van der Waals surface area contributed by atoms with E-state index in [1.165, 1.54) is 5.56 Å². The van der Waals surface area contributed by atoms with Crippen LogP contribution in [0.4, 0.5) is 11.4 Å². The van der Waals surface area contributed by atoms with Crippen LogP contribution in [0.25, 0.3) is 0 Å². The van der Waals surface area contributed by atoms with Crippen molar-refractivity contribution < 1.29 is 13.2 Å². The number of sulfonamides is 1. The molecule has 0 aliphatic rings. The molecule has 1 N–H and O–H groups in total. The molecule has 0 saturated carbocycles. The Kier molecular flexibility index (Phi) is 7.63. The lowest BCUT2D eigenvalue weighted by Crippen LogP contribution is -2.37. The number of anilines is 2. The Balaban J connectivity index is 2.09. The molecule has 0 radical (unpaired) electrons. The Bertz CT molecular complexity index is 873. The van der Waals surface area contributed by atoms with Crippen molar-refractivity contribution in [2.24, 2.45) is 0 Å². The van der Waals surface area contributed by atoms with Gasteiger partial charge in [-0.2, -0.15) is 0 Å². The molecule has 0 heterocycles. The molecule has 2 rings (SSSR count). The number of nitrogens with one attached hydrogen (secondary N) is 1. The lowest BCUT2D eigenvalue weighted by atomic mass is 10.0. The summed E-state index contributed by atoms with van der Waals surface area (Å²) in [5, 5.41) is 2.78. The molecule has 0 aliphatic carbocycles. The first-order valence-corrected chi connectivity index (χ1v) is 11.5. The molecule has 0 aliphatic heterocycles. The fourth-order valence-electron chi connectivity index (χ4n) is 2.89. The van der Waals surface area contributed by atoms with E-state index in [9.17, 15) is 13.2 Å². The van der Waals surface area contributed by atoms with E-state index in [4.69, 9.17) is 0 Å². The molecule has 0 saturated heterocycles. The molecule has 2 aromatic rings. The van der Waals surface area contributed by atoms with Crippen LogP contribution in [0.15, 0.2) is 48.5 Å². The molecular weight excluding hydrogens is 372 g/mol. The highest BCUT2D eigenvalue weighted by molar-refractivity contribution is 7.92. The van der Waals surface area contributed by atoms with Crippen LogP contribution in [0.2, 0.25) is 0 Å². The molecule has 0 atom stereocenters. The van der Waals surface area contributed by atoms with Crippen LogP contribution < -0.4 is 9.62 Å². The summed E-state index contributed by atoms with van der Waals surface area (Å²) in [5.74, 6) is -0.0241. The van der Waals surface area contributed by atoms with Crippen molar-refractivity contribution >= 4 is 27.3 Å². The first-order chi connectivity index (χ1) is 13.2. The maximum Gasteiger partial charge on any atom is 0.245 e. The predicted octanol–water partition coefficient (Wildman–Crippen LogP) is 4.56. The van der Waals surface area contributed by atoms with Gasteiger partial charge >= 0.3 is 0 Å². The molecule has 6 heteroatoms. The second kappa shape index (κ2) is 9.73. The second-order valence-corrected chi connectivity index (χ2v) is 9.27. The highest BCUT2D eigenvalue weighted by Gasteiger charge is 2.21. The number of hydrogen-bond donors (Lipinski definition) is 1. The Morgan fingerprint density at radius 1 is 1.04 bits per heavy atom. The summed E-state index contributed by atoms with van der Waals surface area (Å²) in [6, 6.07) is 15.0. The summed E-state index contributed by atoms with van der Waals surface area (Å²) in [5.41, 5.74) is 3.48. The van der Waals surface area contributed by atoms with Gasteiger partial charge in [0.15, 0.2) is 0 Å². The standard InChI is InChI=1S/C22H30N2O3S/c1-5-6-7-18-8-12-20(13-9-18)23-22(25)16-24(28(4,26)27)21-14-10-19(11-15-21)17(2)3/h8-15,17H,5-7,16H2,1-4H3,(H,23,25). The number of carbonyl (C=O) groups excluding carboxylic acids is 1. The van der Waals surface area contributed by atoms with Crippen LogP contribution in [-0.4, -0.2) is 27.1 Å². The summed E-state index contributed by atoms with van der Waals surface area (Å²) in [7, 11) is -3.58. The van der Waals surface area contributed by atoms with Gasteiger partial charge in [-0.1, -0.05) is 51.5 Å². The molecule has 0 spiro atoms. The second-order valence-electron chi connectivity index (χ2n) is 7.36. The van der Waals surface area contributed by atoms with Crippen molar-refractivity contribution in [3.63, 3.8) is 0 Å². The highest BCUT2D eigenvalue weighted by atomic mass is 32.2. The van der Waals surface area contributed by atoms with Crippen molar-refractivity contribution in [2.75, 3.05) is 22.4 Å². The minimum Gasteiger partial charge on any atom is -0.325 e. The van der Waals surface area contributed by atoms with E-state index in [0.717, 1.165) is 35.4 Å². The van der Waals surface area contributed by atoms with Crippen molar-refractivity contribution in [3.8, 4) is 0 Å². The van der Waals surface area contributed by atoms with Gasteiger partial charge in [-0.3, -0.25) is 9.10 Å². The molecule has 152 valence electrons. The normalized spacial score (nSPS) is 11.5. The zero-order chi connectivity index (χ0) is 20.7. The summed E-state index contributed by atoms with van der Waals surface area (Å²) in [6.07, 6.45) is 4.39. The van der Waals surface area contributed by atoms with Crippen LogP contribution in [0.3, 0.4) is 0 Å². The van der Waals surface area contributed by atoms with Gasteiger partial charge in [0.05, 0.1) is 11.9 Å². The van der Waals surface area contributed by atoms with Crippen molar-refractivity contribution in [2.45, 2.75) is 46.0 Å². The lowest BCUT2D eigenvalue weighted by molar-refractivity contribution is -0.114. The Labute approximate surface area is 168 Å². The van der Waals surface area contributed by atoms with Gasteiger partial charge in [0.1, 0.15) is 6.54 Å². The van der Waals surface area contributed by atoms with Crippen molar-refractivity contribution in [1.29, 1.82) is 0 Å². The predicted molar refractivity (Wildman–Crippen MR) is 116 cm³/mol. The maximum atomic E-state index is 12.5. The summed E-state index contributed by atoms with van der Waals surface area (Å²) in [4.78, 5) is 12.5. The summed E-state index contributed by atoms with van der Waals surface area (Å²) in [6.45, 7) is 6.03. The topological polar surface area (TPSA) is 66.5 Å². The van der Waals surface area contributed by atoms with Crippen molar-refractivity contribution in [1.82, 2.24) is 0 Å². The highest BCUT2D eigenvalue weighted by Crippen LogP contribution is 2.22. The number of rotatable bonds is 9. The number of unbranched alkanes of at least 4 members (excludes halogenated alkanes) is 1. The quantitative estimate of drug-likeness (QED) is 0.669. The largest absolute Gasteiger partial charge is 0.325 e. The smallest absolute Gasteiger partial charge is 0.245 e. The molecule has 0 fully saturated rings. The number of nitrogens with zero attached hydrogens (tertiary/aromatic N) is 1. The van der Waals surface area contributed by atoms with Crippen LogP contribution in [0.1, 0.15) is 50.7 Å². The van der Waals surface area contributed by atoms with Crippen molar-refractivity contribution in [3.05, 3.63) is 59.7 Å². The molecular formula is C22H30N2O3S. The van der Waals surface area contributed by atoms with Crippen LogP contribution in [0.5, 0.6) is 0 Å². The van der Waals surface area contributed by atoms with Gasteiger partial charge in [0.2, 0.25) is 15.9 Å². The van der Waals surface area contributed by atoms with Crippen LogP contribution in [-0.2, 0) is 21.2 Å². The molecule has 5 nitrogen and oxygen atoms in total. The van der Waals surface area contributed by atoms with E-state index in [-0.39, 0.29) is 12.5 Å². The third-order valence-electron chi connectivity index (χ3n) is 4.59. The maximum absolute atomic E-state index is 12.5. The minimum atomic E-state index is -3.58. The first kappa shape index (κ1) is 22.0. The molecule has 28 heavy (non-hydrogen) atoms. The van der Waals surface area contributed by atoms with Crippen LogP contribution >= 0.6 is 0 Å². The van der Waals surface area contributed by atoms with E-state index >= 15 is 0 Å². The molecule has 1 amide bonds. The minimum absolute atomic E-state index is 0.266. The van der Waals surface area contributed by atoms with Gasteiger partial charge in [0, 0.05) is 5.69 Å². The fourth-order valence-corrected chi connectivity index (χ4v) is 3.75. The van der Waals surface area contributed by atoms with E-state index in [0.29, 0.717) is 17.3 Å². The van der Waals surface area contributed by atoms with Gasteiger partial charge in [-0.15, -0.1) is 0 Å². The fraction of sp³-hybridized carbons (Fsp3) is 0.409. The monoisotopic (exact) mass is 402 g/mol. The number of aryl methyl sites for hydroxylation is 1. The molecule has 0 unspecified atom stereocenters. The third-order valence-corrected chi connectivity index (χ3v) is 5.73. The SMILES string of the molecule is CCCCc1ccc(NC(=O)CN(c2ccc(C(C)C)cc2)S(C)(=O)=O)cc1.